The molecule has 2 N–H and O–H groups in total. The number of carbonyl (C=O) groups is 1. The molecule has 0 aliphatic carbocycles. The van der Waals surface area contributed by atoms with Gasteiger partial charge in [0.1, 0.15) is 5.75 Å². The SMILES string of the molecule is COCCn1c(SCC(=O)Nc2cccc(O)c2)nc2ccccc2c1=O. The van der Waals surface area contributed by atoms with E-state index in [1.54, 1.807) is 37.4 Å². The maximum atomic E-state index is 12.8. The number of aromatic hydroxyl groups is 1. The summed E-state index contributed by atoms with van der Waals surface area (Å²) in [7, 11) is 1.56. The molecule has 27 heavy (non-hydrogen) atoms. The molecule has 0 fully saturated rings. The molecule has 1 heterocycles. The molecule has 8 heteroatoms. The molecule has 1 amide bonds. The average Bonchev–Trinajstić information content (AvgIpc) is 2.66. The molecule has 0 radical (unpaired) electrons. The molecule has 0 spiro atoms. The maximum absolute atomic E-state index is 12.8. The summed E-state index contributed by atoms with van der Waals surface area (Å²) < 4.78 is 6.61. The zero-order chi connectivity index (χ0) is 19.2. The number of carbonyl (C=O) groups excluding carboxylic acids is 1. The number of rotatable bonds is 7. The lowest BCUT2D eigenvalue weighted by atomic mass is 10.2. The van der Waals surface area contributed by atoms with E-state index in [-0.39, 0.29) is 23.0 Å². The van der Waals surface area contributed by atoms with Crippen molar-refractivity contribution in [2.45, 2.75) is 11.7 Å². The fourth-order valence-electron chi connectivity index (χ4n) is 2.55. The second-order valence-corrected chi connectivity index (χ2v) is 6.69. The molecule has 0 aliphatic heterocycles. The van der Waals surface area contributed by atoms with Gasteiger partial charge in [-0.3, -0.25) is 14.2 Å². The van der Waals surface area contributed by atoms with Gasteiger partial charge in [-0.15, -0.1) is 0 Å². The number of methoxy groups -OCH3 is 1. The highest BCUT2D eigenvalue weighted by Crippen LogP contribution is 2.19. The zero-order valence-corrected chi connectivity index (χ0v) is 15.5. The molecule has 140 valence electrons. The molecule has 3 aromatic rings. The van der Waals surface area contributed by atoms with Crippen molar-refractivity contribution in [3.63, 3.8) is 0 Å². The van der Waals surface area contributed by atoms with Gasteiger partial charge >= 0.3 is 0 Å². The first-order valence-corrected chi connectivity index (χ1v) is 9.27. The Morgan fingerprint density at radius 2 is 2.07 bits per heavy atom. The van der Waals surface area contributed by atoms with Gasteiger partial charge in [0.2, 0.25) is 5.91 Å². The lowest BCUT2D eigenvalue weighted by molar-refractivity contribution is -0.113. The Labute approximate surface area is 160 Å². The summed E-state index contributed by atoms with van der Waals surface area (Å²) in [4.78, 5) is 29.5. The number of para-hydroxylation sites is 1. The molecule has 7 nitrogen and oxygen atoms in total. The normalized spacial score (nSPS) is 10.9. The van der Waals surface area contributed by atoms with Crippen molar-refractivity contribution >= 4 is 34.3 Å². The average molecular weight is 385 g/mol. The predicted octanol–water partition coefficient (Wildman–Crippen LogP) is 2.48. The number of ether oxygens (including phenoxy) is 1. The van der Waals surface area contributed by atoms with E-state index in [0.29, 0.717) is 34.9 Å². The van der Waals surface area contributed by atoms with E-state index in [9.17, 15) is 14.7 Å². The lowest BCUT2D eigenvalue weighted by Crippen LogP contribution is -2.26. The smallest absolute Gasteiger partial charge is 0.262 e. The lowest BCUT2D eigenvalue weighted by Gasteiger charge is -2.12. The number of nitrogens with zero attached hydrogens (tertiary/aromatic N) is 2. The highest BCUT2D eigenvalue weighted by atomic mass is 32.2. The first-order chi connectivity index (χ1) is 13.1. The second kappa shape index (κ2) is 8.70. The van der Waals surface area contributed by atoms with Crippen LogP contribution < -0.4 is 10.9 Å². The fourth-order valence-corrected chi connectivity index (χ4v) is 3.37. The van der Waals surface area contributed by atoms with Crippen LogP contribution in [0.1, 0.15) is 0 Å². The van der Waals surface area contributed by atoms with Crippen LogP contribution in [0.5, 0.6) is 5.75 Å². The molecule has 0 saturated carbocycles. The first-order valence-electron chi connectivity index (χ1n) is 8.28. The molecule has 0 atom stereocenters. The van der Waals surface area contributed by atoms with E-state index >= 15 is 0 Å². The number of aromatic nitrogens is 2. The molecular weight excluding hydrogens is 366 g/mol. The molecule has 0 bridgehead atoms. The highest BCUT2D eigenvalue weighted by Gasteiger charge is 2.13. The van der Waals surface area contributed by atoms with Gasteiger partial charge in [0.25, 0.3) is 5.56 Å². The third-order valence-electron chi connectivity index (χ3n) is 3.81. The third kappa shape index (κ3) is 4.66. The Morgan fingerprint density at radius 3 is 2.85 bits per heavy atom. The van der Waals surface area contributed by atoms with Crippen LogP contribution in [0.2, 0.25) is 0 Å². The van der Waals surface area contributed by atoms with E-state index in [1.807, 2.05) is 6.07 Å². The second-order valence-electron chi connectivity index (χ2n) is 5.75. The van der Waals surface area contributed by atoms with Crippen LogP contribution in [-0.4, -0.2) is 40.0 Å². The fraction of sp³-hybridized carbons (Fsp3) is 0.211. The van der Waals surface area contributed by atoms with Gasteiger partial charge in [-0.25, -0.2) is 4.98 Å². The Morgan fingerprint density at radius 1 is 1.26 bits per heavy atom. The molecule has 0 aliphatic rings. The predicted molar refractivity (Wildman–Crippen MR) is 105 cm³/mol. The van der Waals surface area contributed by atoms with Crippen molar-refractivity contribution in [3.05, 3.63) is 58.9 Å². The summed E-state index contributed by atoms with van der Waals surface area (Å²) in [5.74, 6) is -0.107. The Hall–Kier alpha value is -2.84. The number of phenolic OH excluding ortho intramolecular Hbond substituents is 1. The monoisotopic (exact) mass is 385 g/mol. The summed E-state index contributed by atoms with van der Waals surface area (Å²) in [5.41, 5.74) is 0.935. The van der Waals surface area contributed by atoms with E-state index in [2.05, 4.69) is 10.3 Å². The topological polar surface area (TPSA) is 93.4 Å². The van der Waals surface area contributed by atoms with Crippen molar-refractivity contribution in [1.82, 2.24) is 9.55 Å². The number of amides is 1. The van der Waals surface area contributed by atoms with Crippen LogP contribution in [0.15, 0.2) is 58.5 Å². The van der Waals surface area contributed by atoms with Crippen LogP contribution in [0.25, 0.3) is 10.9 Å². The zero-order valence-electron chi connectivity index (χ0n) is 14.7. The van der Waals surface area contributed by atoms with Crippen molar-refractivity contribution in [1.29, 1.82) is 0 Å². The van der Waals surface area contributed by atoms with Crippen LogP contribution in [0.4, 0.5) is 5.69 Å². The number of benzene rings is 2. The van der Waals surface area contributed by atoms with Gasteiger partial charge in [-0.2, -0.15) is 0 Å². The minimum absolute atomic E-state index is 0.0741. The van der Waals surface area contributed by atoms with Crippen LogP contribution >= 0.6 is 11.8 Å². The van der Waals surface area contributed by atoms with Crippen molar-refractivity contribution in [2.24, 2.45) is 0 Å². The van der Waals surface area contributed by atoms with E-state index < -0.39 is 0 Å². The van der Waals surface area contributed by atoms with Gasteiger partial charge in [0, 0.05) is 18.9 Å². The third-order valence-corrected chi connectivity index (χ3v) is 4.78. The molecule has 1 aromatic heterocycles. The van der Waals surface area contributed by atoms with Gasteiger partial charge in [0.05, 0.1) is 29.8 Å². The largest absolute Gasteiger partial charge is 0.508 e. The summed E-state index contributed by atoms with van der Waals surface area (Å²) in [5, 5.41) is 13.2. The number of thioether (sulfide) groups is 1. The summed E-state index contributed by atoms with van der Waals surface area (Å²) in [6.07, 6.45) is 0. The minimum atomic E-state index is -0.258. The van der Waals surface area contributed by atoms with Crippen LogP contribution in [0.3, 0.4) is 0 Å². The molecular formula is C19H19N3O4S. The number of hydrogen-bond acceptors (Lipinski definition) is 6. The van der Waals surface area contributed by atoms with Gasteiger partial charge in [0.15, 0.2) is 5.16 Å². The summed E-state index contributed by atoms with van der Waals surface area (Å²) in [6, 6.07) is 13.4. The molecule has 0 unspecified atom stereocenters. The van der Waals surface area contributed by atoms with Crippen LogP contribution in [-0.2, 0) is 16.1 Å². The highest BCUT2D eigenvalue weighted by molar-refractivity contribution is 7.99. The Bertz CT molecular complexity index is 1020. The molecule has 0 saturated heterocycles. The number of nitrogens with one attached hydrogen (secondary N) is 1. The van der Waals surface area contributed by atoms with Crippen molar-refractivity contribution in [3.8, 4) is 5.75 Å². The summed E-state index contributed by atoms with van der Waals surface area (Å²) in [6.45, 7) is 0.715. The van der Waals surface area contributed by atoms with Gasteiger partial charge < -0.3 is 15.2 Å². The Balaban J connectivity index is 1.80. The van der Waals surface area contributed by atoms with Gasteiger partial charge in [-0.1, -0.05) is 30.0 Å². The van der Waals surface area contributed by atoms with E-state index in [4.69, 9.17) is 4.74 Å². The molecule has 3 rings (SSSR count). The summed E-state index contributed by atoms with van der Waals surface area (Å²) >= 11 is 1.18. The maximum Gasteiger partial charge on any atom is 0.262 e. The van der Waals surface area contributed by atoms with E-state index in [0.717, 1.165) is 0 Å². The van der Waals surface area contributed by atoms with E-state index in [1.165, 1.54) is 28.5 Å². The number of hydrogen-bond donors (Lipinski definition) is 2. The quantitative estimate of drug-likeness (QED) is 0.479. The van der Waals surface area contributed by atoms with Crippen molar-refractivity contribution < 1.29 is 14.6 Å². The first kappa shape index (κ1) is 18.9. The van der Waals surface area contributed by atoms with Crippen LogP contribution in [0, 0.1) is 0 Å². The molecule has 2 aromatic carbocycles. The van der Waals surface area contributed by atoms with Crippen molar-refractivity contribution in [2.75, 3.05) is 24.8 Å². The number of phenols is 1. The Kier molecular flexibility index (Phi) is 6.10. The standard InChI is InChI=1S/C19H19N3O4S/c1-26-10-9-22-18(25)15-7-2-3-8-16(15)21-19(22)27-12-17(24)20-13-5-4-6-14(23)11-13/h2-8,11,23H,9-10,12H2,1H3,(H,20,24). The van der Waals surface area contributed by atoms with Gasteiger partial charge in [-0.05, 0) is 24.3 Å². The number of anilines is 1. The number of fused-ring (bicyclic) bond motifs is 1. The minimum Gasteiger partial charge on any atom is -0.508 e.